The van der Waals surface area contributed by atoms with Gasteiger partial charge in [0, 0.05) is 30.3 Å². The van der Waals surface area contributed by atoms with Crippen LogP contribution < -0.4 is 5.32 Å². The predicted octanol–water partition coefficient (Wildman–Crippen LogP) is 1.57. The molecular formula is C14H21N3O2. The second-order valence-corrected chi connectivity index (χ2v) is 5.87. The van der Waals surface area contributed by atoms with Crippen molar-refractivity contribution in [2.45, 2.75) is 51.7 Å². The Kier molecular flexibility index (Phi) is 4.14. The Hall–Kier alpha value is -1.49. The highest BCUT2D eigenvalue weighted by molar-refractivity contribution is 5.80. The molecule has 0 spiro atoms. The summed E-state index contributed by atoms with van der Waals surface area (Å²) in [4.78, 5) is 20.3. The maximum Gasteiger partial charge on any atom is 0.249 e. The van der Waals surface area contributed by atoms with Gasteiger partial charge in [-0.05, 0) is 12.8 Å². The van der Waals surface area contributed by atoms with Crippen LogP contribution >= 0.6 is 0 Å². The lowest BCUT2D eigenvalue weighted by Gasteiger charge is -2.21. The largest absolute Gasteiger partial charge is 0.368 e. The highest BCUT2D eigenvalue weighted by atomic mass is 16.5. The van der Waals surface area contributed by atoms with E-state index < -0.39 is 0 Å². The summed E-state index contributed by atoms with van der Waals surface area (Å²) in [6.07, 6.45) is 4.79. The Morgan fingerprint density at radius 2 is 2.32 bits per heavy atom. The summed E-state index contributed by atoms with van der Waals surface area (Å²) < 4.78 is 5.36. The second-order valence-electron chi connectivity index (χ2n) is 5.87. The molecule has 2 heterocycles. The predicted molar refractivity (Wildman–Crippen MR) is 71.6 cm³/mol. The molecule has 5 heteroatoms. The molecule has 1 amide bonds. The van der Waals surface area contributed by atoms with E-state index in [0.29, 0.717) is 13.2 Å². The average Bonchev–Trinajstić information content (AvgIpc) is 2.89. The standard InChI is InChI=1S/C14H21N3O2/c1-14(2,3)12-10(7-15-9-17-12)8-16-13(18)11-5-4-6-19-11/h7,9,11H,4-6,8H2,1-3H3,(H,16,18). The lowest BCUT2D eigenvalue weighted by atomic mass is 9.89. The highest BCUT2D eigenvalue weighted by Crippen LogP contribution is 2.22. The van der Waals surface area contributed by atoms with Gasteiger partial charge in [0.1, 0.15) is 12.4 Å². The SMILES string of the molecule is CC(C)(C)c1ncncc1CNC(=O)C1CCCO1. The molecule has 0 aliphatic carbocycles. The van der Waals surface area contributed by atoms with Crippen LogP contribution in [0.15, 0.2) is 12.5 Å². The zero-order chi connectivity index (χ0) is 13.9. The lowest BCUT2D eigenvalue weighted by molar-refractivity contribution is -0.130. The van der Waals surface area contributed by atoms with Crippen molar-refractivity contribution in [3.63, 3.8) is 0 Å². The van der Waals surface area contributed by atoms with Crippen molar-refractivity contribution in [3.05, 3.63) is 23.8 Å². The van der Waals surface area contributed by atoms with E-state index in [1.807, 2.05) is 0 Å². The molecule has 1 atom stereocenters. The Balaban J connectivity index is 2.01. The zero-order valence-corrected chi connectivity index (χ0v) is 11.8. The van der Waals surface area contributed by atoms with Crippen LogP contribution in [0.1, 0.15) is 44.9 Å². The molecule has 1 unspecified atom stereocenters. The van der Waals surface area contributed by atoms with Gasteiger partial charge in [-0.1, -0.05) is 20.8 Å². The van der Waals surface area contributed by atoms with Gasteiger partial charge in [-0.15, -0.1) is 0 Å². The summed E-state index contributed by atoms with van der Waals surface area (Å²) in [5.41, 5.74) is 1.86. The minimum absolute atomic E-state index is 0.0405. The van der Waals surface area contributed by atoms with Crippen LogP contribution in [0.4, 0.5) is 0 Å². The van der Waals surface area contributed by atoms with Crippen molar-refractivity contribution in [2.24, 2.45) is 0 Å². The van der Waals surface area contributed by atoms with Crippen molar-refractivity contribution in [1.29, 1.82) is 0 Å². The van der Waals surface area contributed by atoms with Crippen LogP contribution in [0, 0.1) is 0 Å². The Morgan fingerprint density at radius 1 is 1.53 bits per heavy atom. The van der Waals surface area contributed by atoms with Gasteiger partial charge in [-0.25, -0.2) is 9.97 Å². The molecule has 1 saturated heterocycles. The first-order valence-electron chi connectivity index (χ1n) is 6.67. The third-order valence-corrected chi connectivity index (χ3v) is 3.17. The van der Waals surface area contributed by atoms with E-state index in [9.17, 15) is 4.79 Å². The summed E-state index contributed by atoms with van der Waals surface area (Å²) in [5, 5.41) is 2.91. The molecule has 1 aliphatic heterocycles. The molecule has 0 aromatic carbocycles. The zero-order valence-electron chi connectivity index (χ0n) is 11.8. The molecule has 0 bridgehead atoms. The Labute approximate surface area is 113 Å². The van der Waals surface area contributed by atoms with Crippen LogP contribution in [0.25, 0.3) is 0 Å². The minimum Gasteiger partial charge on any atom is -0.368 e. The van der Waals surface area contributed by atoms with E-state index in [1.165, 1.54) is 0 Å². The monoisotopic (exact) mass is 263 g/mol. The first kappa shape index (κ1) is 13.9. The van der Waals surface area contributed by atoms with Crippen molar-refractivity contribution in [2.75, 3.05) is 6.61 Å². The molecule has 1 aromatic heterocycles. The Bertz CT molecular complexity index is 448. The number of nitrogens with zero attached hydrogens (tertiary/aromatic N) is 2. The number of hydrogen-bond donors (Lipinski definition) is 1. The first-order chi connectivity index (χ1) is 8.98. The Morgan fingerprint density at radius 3 is 2.95 bits per heavy atom. The fourth-order valence-corrected chi connectivity index (χ4v) is 2.24. The minimum atomic E-state index is -0.289. The number of aromatic nitrogens is 2. The molecule has 0 radical (unpaired) electrons. The van der Waals surface area contributed by atoms with Crippen molar-refractivity contribution in [3.8, 4) is 0 Å². The smallest absolute Gasteiger partial charge is 0.249 e. The quantitative estimate of drug-likeness (QED) is 0.899. The van der Waals surface area contributed by atoms with Crippen LogP contribution in [-0.2, 0) is 21.5 Å². The van der Waals surface area contributed by atoms with E-state index in [2.05, 4.69) is 36.1 Å². The molecule has 104 valence electrons. The van der Waals surface area contributed by atoms with Gasteiger partial charge in [0.25, 0.3) is 0 Å². The van der Waals surface area contributed by atoms with Crippen molar-refractivity contribution >= 4 is 5.91 Å². The summed E-state index contributed by atoms with van der Waals surface area (Å²) in [6, 6.07) is 0. The second kappa shape index (κ2) is 5.65. The maximum absolute atomic E-state index is 11.9. The molecule has 1 aromatic rings. The number of ether oxygens (including phenoxy) is 1. The fraction of sp³-hybridized carbons (Fsp3) is 0.643. The number of rotatable bonds is 3. The molecule has 1 aliphatic rings. The van der Waals surface area contributed by atoms with E-state index in [0.717, 1.165) is 24.1 Å². The van der Waals surface area contributed by atoms with Crippen LogP contribution in [-0.4, -0.2) is 28.6 Å². The first-order valence-corrected chi connectivity index (χ1v) is 6.67. The number of hydrogen-bond acceptors (Lipinski definition) is 4. The number of carbonyl (C=O) groups excluding carboxylic acids is 1. The maximum atomic E-state index is 11.9. The topological polar surface area (TPSA) is 64.1 Å². The fourth-order valence-electron chi connectivity index (χ4n) is 2.24. The molecular weight excluding hydrogens is 242 g/mol. The van der Waals surface area contributed by atoms with Crippen molar-refractivity contribution < 1.29 is 9.53 Å². The van der Waals surface area contributed by atoms with Gasteiger partial charge in [0.05, 0.1) is 5.69 Å². The summed E-state index contributed by atoms with van der Waals surface area (Å²) in [6.45, 7) is 7.42. The van der Waals surface area contributed by atoms with Gasteiger partial charge < -0.3 is 10.1 Å². The van der Waals surface area contributed by atoms with E-state index in [4.69, 9.17) is 4.74 Å². The van der Waals surface area contributed by atoms with Crippen LogP contribution in [0.3, 0.4) is 0 Å². The van der Waals surface area contributed by atoms with Gasteiger partial charge in [0.15, 0.2) is 0 Å². The number of amides is 1. The average molecular weight is 263 g/mol. The van der Waals surface area contributed by atoms with Gasteiger partial charge >= 0.3 is 0 Å². The van der Waals surface area contributed by atoms with E-state index in [-0.39, 0.29) is 17.4 Å². The van der Waals surface area contributed by atoms with Gasteiger partial charge in [-0.2, -0.15) is 0 Å². The van der Waals surface area contributed by atoms with Crippen LogP contribution in [0.2, 0.25) is 0 Å². The molecule has 19 heavy (non-hydrogen) atoms. The van der Waals surface area contributed by atoms with E-state index in [1.54, 1.807) is 12.5 Å². The summed E-state index contributed by atoms with van der Waals surface area (Å²) in [7, 11) is 0. The van der Waals surface area contributed by atoms with Crippen molar-refractivity contribution in [1.82, 2.24) is 15.3 Å². The summed E-state index contributed by atoms with van der Waals surface area (Å²) in [5.74, 6) is -0.0405. The highest BCUT2D eigenvalue weighted by Gasteiger charge is 2.24. The van der Waals surface area contributed by atoms with Crippen LogP contribution in [0.5, 0.6) is 0 Å². The van der Waals surface area contributed by atoms with Gasteiger partial charge in [-0.3, -0.25) is 4.79 Å². The molecule has 5 nitrogen and oxygen atoms in total. The summed E-state index contributed by atoms with van der Waals surface area (Å²) >= 11 is 0. The number of nitrogens with one attached hydrogen (secondary N) is 1. The van der Waals surface area contributed by atoms with E-state index >= 15 is 0 Å². The number of carbonyl (C=O) groups is 1. The molecule has 2 rings (SSSR count). The molecule has 1 N–H and O–H groups in total. The normalized spacial score (nSPS) is 19.4. The lowest BCUT2D eigenvalue weighted by Crippen LogP contribution is -2.34. The third kappa shape index (κ3) is 3.50. The van der Waals surface area contributed by atoms with Gasteiger partial charge in [0.2, 0.25) is 5.91 Å². The molecule has 1 fully saturated rings. The molecule has 0 saturated carbocycles. The third-order valence-electron chi connectivity index (χ3n) is 3.17.